The van der Waals surface area contributed by atoms with E-state index in [1.54, 1.807) is 72.8 Å². The molecule has 6 aromatic rings. The van der Waals surface area contributed by atoms with Gasteiger partial charge in [0.15, 0.2) is 0 Å². The van der Waals surface area contributed by atoms with Crippen LogP contribution in [0.3, 0.4) is 0 Å². The molecule has 0 saturated heterocycles. The summed E-state index contributed by atoms with van der Waals surface area (Å²) < 4.78 is 33.7. The lowest BCUT2D eigenvalue weighted by molar-refractivity contribution is -0.212. The minimum absolute atomic E-state index is 0.00433. The number of hydrogen-bond acceptors (Lipinski definition) is 30. The van der Waals surface area contributed by atoms with E-state index in [-0.39, 0.29) is 33.4 Å². The summed E-state index contributed by atoms with van der Waals surface area (Å²) in [6.45, 7) is 18.8. The number of carbonyl (C=O) groups is 12. The standard InChI is InChI=1S/C96H122O30Si6/c1-13-25-71(19-7)127-77-43-31-63(32-44-77)85(97)115-121-91(103)109-57-55-69(59-111-93(105)123-117-87(99)65-35-47-79(48-36-65)129-73(21-9)27-15-3)83(61-113-95(107)125-119-89(101)67-39-51-81(52-40-67)131-75(23-11)29-17-5)84(62-114-96(108)126-120-90(102)68-41-53-82(54-42-68)132-76(24-12)30-18-6)70(60-112-94(106)124-118-88(100)66-37-49-80(50-38-66)130-74(22-10)28-16-4)56-58-110-92(104)122-116-86(98)64-33-45-78(46-34-64)128-72(20-8)26-14-2/h25-54,69-70,83-84H,13-24,55-62,127-132H2,1-12H3/b71-25+,72-26+,73-27+,74-28+,75-29+,76-30+. The molecule has 6 aromatic carbocycles. The molecule has 0 aromatic heterocycles. The normalized spacial score (nSPS) is 13.2. The molecule has 0 radical (unpaired) electrons. The molecule has 0 spiro atoms. The second-order valence-corrected chi connectivity index (χ2v) is 43.0. The van der Waals surface area contributed by atoms with Crippen molar-refractivity contribution in [3.63, 3.8) is 0 Å². The van der Waals surface area contributed by atoms with Gasteiger partial charge in [0.1, 0.15) is 0 Å². The fourth-order valence-electron chi connectivity index (χ4n) is 14.1. The van der Waals surface area contributed by atoms with Crippen molar-refractivity contribution >= 4 is 161 Å². The molecule has 4 atom stereocenters. The van der Waals surface area contributed by atoms with Gasteiger partial charge in [-0.2, -0.15) is 28.8 Å². The molecule has 6 rings (SSSR count). The predicted molar refractivity (Wildman–Crippen MR) is 510 cm³/mol. The van der Waals surface area contributed by atoms with Crippen LogP contribution < -0.4 is 31.1 Å². The number of rotatable bonds is 47. The molecule has 0 N–H and O–H groups in total. The first-order valence-corrected chi connectivity index (χ1v) is 53.2. The summed E-state index contributed by atoms with van der Waals surface area (Å²) in [4.78, 5) is 224. The van der Waals surface area contributed by atoms with Crippen LogP contribution in [0.4, 0.5) is 28.8 Å². The van der Waals surface area contributed by atoms with Gasteiger partial charge >= 0.3 is 72.7 Å². The fourth-order valence-corrected chi connectivity index (χ4v) is 24.2. The molecule has 0 heterocycles. The average Bonchev–Trinajstić information content (AvgIpc) is 0.825. The lowest BCUT2D eigenvalue weighted by Crippen LogP contribution is -2.41. The summed E-state index contributed by atoms with van der Waals surface area (Å²) in [6, 6.07) is 38.8. The molecule has 132 heavy (non-hydrogen) atoms. The fraction of sp³-hybridized carbons (Fsp3) is 0.375. The van der Waals surface area contributed by atoms with Crippen molar-refractivity contribution in [2.75, 3.05) is 39.6 Å². The molecule has 0 bridgehead atoms. The first-order valence-electron chi connectivity index (χ1n) is 44.8. The molecule has 0 aliphatic carbocycles. The van der Waals surface area contributed by atoms with Crippen molar-refractivity contribution in [2.24, 2.45) is 23.7 Å². The molecule has 0 saturated carbocycles. The summed E-state index contributed by atoms with van der Waals surface area (Å²) >= 11 is 0. The Morgan fingerprint density at radius 1 is 0.220 bits per heavy atom. The maximum atomic E-state index is 14.2. The van der Waals surface area contributed by atoms with E-state index in [0.29, 0.717) is 0 Å². The molecule has 710 valence electrons. The number of benzene rings is 6. The smallest absolute Gasteiger partial charge is 0.432 e. The SMILES string of the molecule is CC/C=C(\CC)[SiH2]c1ccc(C(=O)OOC(=O)OCCC(COC(=O)OOC(=O)c2ccc([SiH2]/C(=C/CC)CC)cc2)C(COC(=O)OOC(=O)c2ccc([SiH2]/C(=C/CC)CC)cc2)C(COC(=O)OOC(=O)c2ccc([SiH2]/C(=C/CC)CC)cc2)C(CCOC(=O)OOC(=O)c2ccc([SiH2]/C(=C/CC)CC)cc2)COC(=O)OOC(=O)c2ccc([SiH2]/C(=C/CC)CC)cc2)cc1. The number of allylic oxidation sites excluding steroid dienone is 12. The summed E-state index contributed by atoms with van der Waals surface area (Å²) in [5.41, 5.74) is -0.142. The van der Waals surface area contributed by atoms with Gasteiger partial charge in [-0.1, -0.05) is 255 Å². The lowest BCUT2D eigenvalue weighted by atomic mass is 9.74. The van der Waals surface area contributed by atoms with Crippen LogP contribution in [0, 0.1) is 23.7 Å². The Kier molecular flexibility index (Phi) is 50.2. The van der Waals surface area contributed by atoms with E-state index in [9.17, 15) is 57.5 Å². The minimum Gasteiger partial charge on any atom is -0.432 e. The van der Waals surface area contributed by atoms with Crippen LogP contribution in [-0.2, 0) is 87.1 Å². The van der Waals surface area contributed by atoms with Crippen molar-refractivity contribution in [1.29, 1.82) is 0 Å². The van der Waals surface area contributed by atoms with Crippen LogP contribution in [0.1, 0.15) is 235 Å². The van der Waals surface area contributed by atoms with Crippen molar-refractivity contribution in [3.8, 4) is 0 Å². The van der Waals surface area contributed by atoms with Crippen LogP contribution in [0.15, 0.2) is 213 Å². The summed E-state index contributed by atoms with van der Waals surface area (Å²) in [7, 11) is -5.30. The van der Waals surface area contributed by atoms with Gasteiger partial charge in [0.2, 0.25) is 0 Å². The molecule has 36 heteroatoms. The average molecular weight is 1920 g/mol. The largest absolute Gasteiger partial charge is 0.549 e. The van der Waals surface area contributed by atoms with Crippen LogP contribution >= 0.6 is 0 Å². The highest BCUT2D eigenvalue weighted by atomic mass is 28.2. The maximum absolute atomic E-state index is 14.2. The van der Waals surface area contributed by atoms with E-state index < -0.39 is 206 Å². The van der Waals surface area contributed by atoms with Gasteiger partial charge in [0.05, 0.1) is 130 Å². The number of hydrogen-bond donors (Lipinski definition) is 0. The third kappa shape index (κ3) is 40.1. The Bertz CT molecular complexity index is 4610. The third-order valence-electron chi connectivity index (χ3n) is 21.3. The summed E-state index contributed by atoms with van der Waals surface area (Å²) in [5.74, 6) is -13.3. The van der Waals surface area contributed by atoms with Gasteiger partial charge in [0.25, 0.3) is 0 Å². The highest BCUT2D eigenvalue weighted by molar-refractivity contribution is 6.63. The van der Waals surface area contributed by atoms with Crippen molar-refractivity contribution in [2.45, 2.75) is 173 Å². The van der Waals surface area contributed by atoms with Crippen molar-refractivity contribution in [3.05, 3.63) is 247 Å². The molecule has 30 nitrogen and oxygen atoms in total. The van der Waals surface area contributed by atoms with Crippen LogP contribution in [0.25, 0.3) is 0 Å². The molecular formula is C96H122O30Si6. The highest BCUT2D eigenvalue weighted by Crippen LogP contribution is 2.35. The molecule has 0 aliphatic heterocycles. The summed E-state index contributed by atoms with van der Waals surface area (Å²) in [5, 5.41) is 13.8. The Labute approximate surface area is 783 Å². The lowest BCUT2D eigenvalue weighted by Gasteiger charge is -2.36. The zero-order chi connectivity index (χ0) is 96.0. The molecule has 0 amide bonds. The number of ether oxygens (including phenoxy) is 6. The zero-order valence-corrected chi connectivity index (χ0v) is 85.7. The van der Waals surface area contributed by atoms with E-state index in [1.807, 2.05) is 41.5 Å². The van der Waals surface area contributed by atoms with Gasteiger partial charge in [-0.05, 0) is 163 Å². The molecular weight excluding hydrogens is 1800 g/mol. The van der Waals surface area contributed by atoms with Crippen LogP contribution in [0.5, 0.6) is 0 Å². The van der Waals surface area contributed by atoms with E-state index >= 15 is 0 Å². The Balaban J connectivity index is 1.44. The minimum atomic E-state index is -1.73. The Morgan fingerprint density at radius 3 is 0.538 bits per heavy atom. The third-order valence-corrected chi connectivity index (χ3v) is 34.0. The first-order chi connectivity index (χ1) is 63.8. The van der Waals surface area contributed by atoms with Crippen LogP contribution in [0.2, 0.25) is 0 Å². The van der Waals surface area contributed by atoms with E-state index in [4.69, 9.17) is 87.1 Å². The topological polar surface area (TPSA) is 371 Å². The first kappa shape index (κ1) is 108. The molecule has 4 unspecified atom stereocenters. The molecule has 0 aliphatic rings. The van der Waals surface area contributed by atoms with Gasteiger partial charge < -0.3 is 28.4 Å². The molecule has 0 fully saturated rings. The second kappa shape index (κ2) is 61.2. The quantitative estimate of drug-likeness (QED) is 0.0113. The maximum Gasteiger partial charge on any atom is 0.549 e. The highest BCUT2D eigenvalue weighted by Gasteiger charge is 2.40. The van der Waals surface area contributed by atoms with Gasteiger partial charge in [0, 0.05) is 23.7 Å². The van der Waals surface area contributed by atoms with Crippen molar-refractivity contribution in [1.82, 2.24) is 0 Å². The second-order valence-electron chi connectivity index (χ2n) is 30.6. The number of carbonyl (C=O) groups excluding carboxylic acids is 12. The summed E-state index contributed by atoms with van der Waals surface area (Å²) in [6.07, 6.45) is 11.9. The zero-order valence-electron chi connectivity index (χ0n) is 77.3. The van der Waals surface area contributed by atoms with E-state index in [0.717, 1.165) is 108 Å². The van der Waals surface area contributed by atoms with E-state index in [2.05, 4.69) is 78.0 Å². The predicted octanol–water partition coefficient (Wildman–Crippen LogP) is 12.8. The Hall–Kier alpha value is -12.5. The van der Waals surface area contributed by atoms with Gasteiger partial charge in [-0.3, -0.25) is 0 Å². The van der Waals surface area contributed by atoms with E-state index in [1.165, 1.54) is 104 Å². The van der Waals surface area contributed by atoms with Gasteiger partial charge in [-0.25, -0.2) is 87.4 Å². The van der Waals surface area contributed by atoms with Gasteiger partial charge in [-0.15, -0.1) is 0 Å². The Morgan fingerprint density at radius 2 is 0.379 bits per heavy atom. The van der Waals surface area contributed by atoms with Crippen molar-refractivity contribution < 1.29 is 145 Å². The monoisotopic (exact) mass is 1920 g/mol. The van der Waals surface area contributed by atoms with Crippen LogP contribution in [-0.4, -0.2) is 170 Å².